The SMILES string of the molecule is Cn1c(COc2ccc(F)cc2)c2c(=O)n(-c3cc(Cl)ccc3Cl)[nH]c2cc1=O. The zero-order chi connectivity index (χ0) is 20.7. The van der Waals surface area contributed by atoms with Gasteiger partial charge in [-0.15, -0.1) is 0 Å². The molecular formula is C20H14Cl2FN3O3. The van der Waals surface area contributed by atoms with Crippen molar-refractivity contribution in [1.82, 2.24) is 14.3 Å². The predicted molar refractivity (Wildman–Crippen MR) is 110 cm³/mol. The molecule has 0 radical (unpaired) electrons. The summed E-state index contributed by atoms with van der Waals surface area (Å²) in [5.74, 6) is 0.0170. The Balaban J connectivity index is 1.86. The van der Waals surface area contributed by atoms with Crippen LogP contribution in [0.2, 0.25) is 10.0 Å². The molecule has 0 atom stereocenters. The first kappa shape index (κ1) is 19.3. The number of nitrogens with zero attached hydrogens (tertiary/aromatic N) is 2. The first-order chi connectivity index (χ1) is 13.8. The molecule has 29 heavy (non-hydrogen) atoms. The molecule has 2 heterocycles. The quantitative estimate of drug-likeness (QED) is 0.527. The highest BCUT2D eigenvalue weighted by Crippen LogP contribution is 2.24. The Morgan fingerprint density at radius 2 is 1.79 bits per heavy atom. The van der Waals surface area contributed by atoms with Crippen molar-refractivity contribution in [3.8, 4) is 11.4 Å². The van der Waals surface area contributed by atoms with Crippen LogP contribution in [0.15, 0.2) is 58.1 Å². The van der Waals surface area contributed by atoms with Crippen LogP contribution in [0.4, 0.5) is 4.39 Å². The zero-order valence-electron chi connectivity index (χ0n) is 15.1. The van der Waals surface area contributed by atoms with Crippen molar-refractivity contribution in [2.24, 2.45) is 7.05 Å². The van der Waals surface area contributed by atoms with Crippen molar-refractivity contribution in [2.45, 2.75) is 6.61 Å². The number of aromatic amines is 1. The van der Waals surface area contributed by atoms with Gasteiger partial charge in [-0.2, -0.15) is 0 Å². The Kier molecular flexibility index (Phi) is 4.94. The molecule has 0 bridgehead atoms. The van der Waals surface area contributed by atoms with Gasteiger partial charge in [-0.1, -0.05) is 23.2 Å². The minimum absolute atomic E-state index is 0.0644. The number of H-pyrrole nitrogens is 1. The molecule has 1 N–H and O–H groups in total. The maximum absolute atomic E-state index is 13.1. The molecule has 2 aromatic heterocycles. The van der Waals surface area contributed by atoms with Crippen LogP contribution in [0.25, 0.3) is 16.6 Å². The number of hydrogen-bond donors (Lipinski definition) is 1. The van der Waals surface area contributed by atoms with Crippen molar-refractivity contribution < 1.29 is 9.13 Å². The fraction of sp³-hybridized carbons (Fsp3) is 0.100. The Labute approximate surface area is 173 Å². The van der Waals surface area contributed by atoms with Gasteiger partial charge in [0, 0.05) is 18.1 Å². The van der Waals surface area contributed by atoms with Gasteiger partial charge in [0.25, 0.3) is 11.1 Å². The number of benzene rings is 2. The van der Waals surface area contributed by atoms with Gasteiger partial charge in [0.1, 0.15) is 18.2 Å². The van der Waals surface area contributed by atoms with Gasteiger partial charge in [0.2, 0.25) is 0 Å². The molecule has 148 valence electrons. The predicted octanol–water partition coefficient (Wildman–Crippen LogP) is 4.04. The first-order valence-corrected chi connectivity index (χ1v) is 9.28. The van der Waals surface area contributed by atoms with Crippen LogP contribution < -0.4 is 15.9 Å². The lowest BCUT2D eigenvalue weighted by Gasteiger charge is -2.10. The molecule has 2 aromatic carbocycles. The molecule has 0 unspecified atom stereocenters. The number of rotatable bonds is 4. The highest BCUT2D eigenvalue weighted by molar-refractivity contribution is 6.34. The van der Waals surface area contributed by atoms with E-state index in [4.69, 9.17) is 27.9 Å². The van der Waals surface area contributed by atoms with Gasteiger partial charge in [-0.25, -0.2) is 9.07 Å². The van der Waals surface area contributed by atoms with Gasteiger partial charge >= 0.3 is 0 Å². The second-order valence-electron chi connectivity index (χ2n) is 6.37. The van der Waals surface area contributed by atoms with E-state index in [1.54, 1.807) is 25.2 Å². The summed E-state index contributed by atoms with van der Waals surface area (Å²) >= 11 is 12.3. The summed E-state index contributed by atoms with van der Waals surface area (Å²) in [5, 5.41) is 3.91. The summed E-state index contributed by atoms with van der Waals surface area (Å²) in [6.07, 6.45) is 0. The summed E-state index contributed by atoms with van der Waals surface area (Å²) in [4.78, 5) is 25.5. The van der Waals surface area contributed by atoms with E-state index in [2.05, 4.69) is 5.10 Å². The first-order valence-electron chi connectivity index (χ1n) is 8.52. The summed E-state index contributed by atoms with van der Waals surface area (Å²) in [7, 11) is 1.55. The smallest absolute Gasteiger partial charge is 0.281 e. The van der Waals surface area contributed by atoms with Gasteiger partial charge in [0.05, 0.1) is 27.3 Å². The largest absolute Gasteiger partial charge is 0.487 e. The standard InChI is InChI=1S/C20H14Cl2FN3O3/c1-25-17(10-29-13-5-3-12(23)4-6-13)19-15(9-18(25)27)24-26(20(19)28)16-8-11(21)2-7-14(16)22/h2-9,24H,10H2,1H3. The molecule has 0 aliphatic rings. The van der Waals surface area contributed by atoms with Crippen LogP contribution in [0, 0.1) is 5.82 Å². The van der Waals surface area contributed by atoms with Gasteiger partial charge in [-0.3, -0.25) is 14.7 Å². The zero-order valence-corrected chi connectivity index (χ0v) is 16.6. The van der Waals surface area contributed by atoms with Gasteiger partial charge in [0.15, 0.2) is 0 Å². The molecular weight excluding hydrogens is 420 g/mol. The van der Waals surface area contributed by atoms with Crippen LogP contribution in [0.5, 0.6) is 5.75 Å². The number of halogens is 3. The number of nitrogens with one attached hydrogen (secondary N) is 1. The summed E-state index contributed by atoms with van der Waals surface area (Å²) < 4.78 is 21.3. The molecule has 0 aliphatic carbocycles. The number of fused-ring (bicyclic) bond motifs is 1. The molecule has 9 heteroatoms. The average Bonchev–Trinajstić information content (AvgIpc) is 3.01. The van der Waals surface area contributed by atoms with Crippen molar-refractivity contribution in [1.29, 1.82) is 0 Å². The van der Waals surface area contributed by atoms with Crippen molar-refractivity contribution in [3.05, 3.63) is 90.8 Å². The maximum Gasteiger partial charge on any atom is 0.281 e. The molecule has 0 saturated carbocycles. The summed E-state index contributed by atoms with van der Waals surface area (Å²) in [5.41, 5.74) is 0.348. The molecule has 0 fully saturated rings. The lowest BCUT2D eigenvalue weighted by molar-refractivity contribution is 0.297. The fourth-order valence-electron chi connectivity index (χ4n) is 3.04. The average molecular weight is 434 g/mol. The minimum Gasteiger partial charge on any atom is -0.487 e. The van der Waals surface area contributed by atoms with E-state index in [9.17, 15) is 14.0 Å². The van der Waals surface area contributed by atoms with E-state index < -0.39 is 11.4 Å². The number of hydrogen-bond acceptors (Lipinski definition) is 3. The Bertz CT molecular complexity index is 1340. The number of aromatic nitrogens is 3. The van der Waals surface area contributed by atoms with E-state index in [-0.39, 0.29) is 17.6 Å². The van der Waals surface area contributed by atoms with Crippen molar-refractivity contribution >= 4 is 34.1 Å². The Morgan fingerprint density at radius 3 is 2.52 bits per heavy atom. The maximum atomic E-state index is 13.1. The monoisotopic (exact) mass is 433 g/mol. The van der Waals surface area contributed by atoms with E-state index in [1.807, 2.05) is 0 Å². The highest BCUT2D eigenvalue weighted by atomic mass is 35.5. The minimum atomic E-state index is -0.405. The lowest BCUT2D eigenvalue weighted by Crippen LogP contribution is -2.23. The summed E-state index contributed by atoms with van der Waals surface area (Å²) in [6.45, 7) is -0.0644. The Morgan fingerprint density at radius 1 is 1.07 bits per heavy atom. The van der Waals surface area contributed by atoms with E-state index in [0.29, 0.717) is 32.7 Å². The van der Waals surface area contributed by atoms with Gasteiger partial charge < -0.3 is 9.30 Å². The third-order valence-electron chi connectivity index (χ3n) is 4.55. The Hall–Kier alpha value is -3.03. The summed E-state index contributed by atoms with van der Waals surface area (Å²) in [6, 6.07) is 11.5. The number of pyridine rings is 1. The van der Waals surface area contributed by atoms with E-state index >= 15 is 0 Å². The molecule has 0 saturated heterocycles. The molecule has 0 aliphatic heterocycles. The van der Waals surface area contributed by atoms with E-state index in [0.717, 1.165) is 0 Å². The van der Waals surface area contributed by atoms with Crippen LogP contribution in [-0.2, 0) is 13.7 Å². The molecule has 4 aromatic rings. The normalized spacial score (nSPS) is 11.2. The van der Waals surface area contributed by atoms with Crippen LogP contribution in [0.1, 0.15) is 5.69 Å². The third kappa shape index (κ3) is 3.54. The van der Waals surface area contributed by atoms with E-state index in [1.165, 1.54) is 39.6 Å². The van der Waals surface area contributed by atoms with Crippen molar-refractivity contribution in [2.75, 3.05) is 0 Å². The van der Waals surface area contributed by atoms with Crippen molar-refractivity contribution in [3.63, 3.8) is 0 Å². The topological polar surface area (TPSA) is 69.0 Å². The van der Waals surface area contributed by atoms with Crippen LogP contribution >= 0.6 is 23.2 Å². The van der Waals surface area contributed by atoms with Crippen LogP contribution in [-0.4, -0.2) is 14.3 Å². The van der Waals surface area contributed by atoms with Gasteiger partial charge in [-0.05, 0) is 42.5 Å². The molecule has 0 amide bonds. The molecule has 0 spiro atoms. The fourth-order valence-corrected chi connectivity index (χ4v) is 3.41. The molecule has 4 rings (SSSR count). The second kappa shape index (κ2) is 7.42. The second-order valence-corrected chi connectivity index (χ2v) is 7.21. The highest BCUT2D eigenvalue weighted by Gasteiger charge is 2.18. The number of ether oxygens (including phenoxy) is 1. The van der Waals surface area contributed by atoms with Crippen LogP contribution in [0.3, 0.4) is 0 Å². The third-order valence-corrected chi connectivity index (χ3v) is 5.10. The molecule has 6 nitrogen and oxygen atoms in total. The lowest BCUT2D eigenvalue weighted by atomic mass is 10.2.